The van der Waals surface area contributed by atoms with E-state index in [0.717, 1.165) is 12.4 Å². The number of nitrogens with zero attached hydrogens (tertiary/aromatic N) is 2. The summed E-state index contributed by atoms with van der Waals surface area (Å²) in [6.07, 6.45) is 3.52. The summed E-state index contributed by atoms with van der Waals surface area (Å²) in [7, 11) is 0. The number of allylic oxidation sites excluding steroid dienone is 1. The second kappa shape index (κ2) is 4.82. The van der Waals surface area contributed by atoms with Gasteiger partial charge in [0.15, 0.2) is 0 Å². The number of halogens is 1. The van der Waals surface area contributed by atoms with Crippen LogP contribution in [0.3, 0.4) is 0 Å². The topological polar surface area (TPSA) is 37.8 Å². The van der Waals surface area contributed by atoms with Crippen LogP contribution >= 0.6 is 11.6 Å². The van der Waals surface area contributed by atoms with Crippen molar-refractivity contribution in [3.8, 4) is 0 Å². The van der Waals surface area contributed by atoms with Gasteiger partial charge in [0.1, 0.15) is 17.3 Å². The van der Waals surface area contributed by atoms with Crippen molar-refractivity contribution in [1.29, 1.82) is 0 Å². The molecule has 13 heavy (non-hydrogen) atoms. The van der Waals surface area contributed by atoms with Crippen molar-refractivity contribution in [2.24, 2.45) is 0 Å². The van der Waals surface area contributed by atoms with Crippen LogP contribution < -0.4 is 5.32 Å². The van der Waals surface area contributed by atoms with Crippen LogP contribution in [-0.2, 0) is 0 Å². The summed E-state index contributed by atoms with van der Waals surface area (Å²) in [5.41, 5.74) is 1.27. The molecular weight excluding hydrogens is 186 g/mol. The van der Waals surface area contributed by atoms with Gasteiger partial charge in [-0.2, -0.15) is 0 Å². The molecule has 70 valence electrons. The zero-order valence-electron chi connectivity index (χ0n) is 7.71. The minimum absolute atomic E-state index is 0.453. The molecule has 0 aliphatic carbocycles. The highest BCUT2D eigenvalue weighted by molar-refractivity contribution is 6.29. The number of aromatic nitrogens is 2. The first-order valence-corrected chi connectivity index (χ1v) is 4.41. The molecule has 0 saturated heterocycles. The molecule has 1 aromatic heterocycles. The van der Waals surface area contributed by atoms with Crippen LogP contribution in [0.25, 0.3) is 0 Å². The van der Waals surface area contributed by atoms with E-state index >= 15 is 0 Å². The van der Waals surface area contributed by atoms with Crippen molar-refractivity contribution >= 4 is 17.4 Å². The van der Waals surface area contributed by atoms with Gasteiger partial charge >= 0.3 is 0 Å². The third-order valence-corrected chi connectivity index (χ3v) is 1.63. The SMILES string of the molecule is CC(C)=CCNc1cc(Cl)ncn1. The summed E-state index contributed by atoms with van der Waals surface area (Å²) >= 11 is 5.68. The van der Waals surface area contributed by atoms with Gasteiger partial charge in [0.2, 0.25) is 0 Å². The molecule has 1 heterocycles. The van der Waals surface area contributed by atoms with E-state index < -0.39 is 0 Å². The first-order valence-electron chi connectivity index (χ1n) is 4.03. The van der Waals surface area contributed by atoms with Gasteiger partial charge in [-0.05, 0) is 13.8 Å². The normalized spacial score (nSPS) is 9.46. The van der Waals surface area contributed by atoms with E-state index in [0.29, 0.717) is 5.15 Å². The van der Waals surface area contributed by atoms with Gasteiger partial charge in [-0.3, -0.25) is 0 Å². The molecule has 1 N–H and O–H groups in total. The fourth-order valence-corrected chi connectivity index (χ4v) is 0.937. The summed E-state index contributed by atoms with van der Waals surface area (Å²) in [6.45, 7) is 4.86. The second-order valence-electron chi connectivity index (χ2n) is 2.89. The van der Waals surface area contributed by atoms with Crippen molar-refractivity contribution in [3.05, 3.63) is 29.2 Å². The average molecular weight is 198 g/mol. The Kier molecular flexibility index (Phi) is 3.71. The molecule has 0 unspecified atom stereocenters. The van der Waals surface area contributed by atoms with E-state index in [2.05, 4.69) is 35.2 Å². The molecule has 0 aromatic carbocycles. The highest BCUT2D eigenvalue weighted by Gasteiger charge is 1.92. The minimum Gasteiger partial charge on any atom is -0.366 e. The number of hydrogen-bond acceptors (Lipinski definition) is 3. The predicted octanol–water partition coefficient (Wildman–Crippen LogP) is 2.51. The maximum atomic E-state index is 5.68. The highest BCUT2D eigenvalue weighted by atomic mass is 35.5. The van der Waals surface area contributed by atoms with Gasteiger partial charge in [-0.25, -0.2) is 9.97 Å². The van der Waals surface area contributed by atoms with E-state index in [-0.39, 0.29) is 0 Å². The minimum atomic E-state index is 0.453. The van der Waals surface area contributed by atoms with Crippen molar-refractivity contribution < 1.29 is 0 Å². The summed E-state index contributed by atoms with van der Waals surface area (Å²) < 4.78 is 0. The molecule has 0 amide bonds. The Hall–Kier alpha value is -1.09. The first kappa shape index (κ1) is 9.99. The zero-order chi connectivity index (χ0) is 9.68. The van der Waals surface area contributed by atoms with Crippen LogP contribution in [0, 0.1) is 0 Å². The van der Waals surface area contributed by atoms with E-state index in [1.54, 1.807) is 6.07 Å². The highest BCUT2D eigenvalue weighted by Crippen LogP contribution is 2.07. The maximum Gasteiger partial charge on any atom is 0.134 e. The molecule has 0 aliphatic rings. The van der Waals surface area contributed by atoms with Crippen molar-refractivity contribution in [1.82, 2.24) is 9.97 Å². The lowest BCUT2D eigenvalue weighted by atomic mass is 10.3. The van der Waals surface area contributed by atoms with E-state index in [4.69, 9.17) is 11.6 Å². The van der Waals surface area contributed by atoms with Crippen LogP contribution in [0.1, 0.15) is 13.8 Å². The fourth-order valence-electron chi connectivity index (χ4n) is 0.790. The molecule has 4 heteroatoms. The standard InChI is InChI=1S/C9H12ClN3/c1-7(2)3-4-11-9-5-8(10)12-6-13-9/h3,5-6H,4H2,1-2H3,(H,11,12,13). The molecule has 1 rings (SSSR count). The van der Waals surface area contributed by atoms with Crippen LogP contribution in [0.2, 0.25) is 5.15 Å². The van der Waals surface area contributed by atoms with Gasteiger partial charge in [0.25, 0.3) is 0 Å². The number of rotatable bonds is 3. The third-order valence-electron chi connectivity index (χ3n) is 1.43. The van der Waals surface area contributed by atoms with Crippen LogP contribution in [0.15, 0.2) is 24.0 Å². The van der Waals surface area contributed by atoms with Crippen molar-refractivity contribution in [3.63, 3.8) is 0 Å². The molecule has 0 aliphatic heterocycles. The van der Waals surface area contributed by atoms with Gasteiger partial charge in [-0.1, -0.05) is 23.3 Å². The molecule has 1 aromatic rings. The smallest absolute Gasteiger partial charge is 0.134 e. The lowest BCUT2D eigenvalue weighted by Gasteiger charge is -2.01. The zero-order valence-corrected chi connectivity index (χ0v) is 8.47. The number of hydrogen-bond donors (Lipinski definition) is 1. The largest absolute Gasteiger partial charge is 0.366 e. The lowest BCUT2D eigenvalue weighted by Crippen LogP contribution is -2.00. The molecule has 0 fully saturated rings. The Morgan fingerprint density at radius 1 is 1.54 bits per heavy atom. The maximum absolute atomic E-state index is 5.68. The van der Waals surface area contributed by atoms with Crippen LogP contribution in [0.5, 0.6) is 0 Å². The monoisotopic (exact) mass is 197 g/mol. The van der Waals surface area contributed by atoms with Crippen molar-refractivity contribution in [2.75, 3.05) is 11.9 Å². The molecular formula is C9H12ClN3. The molecule has 3 nitrogen and oxygen atoms in total. The van der Waals surface area contributed by atoms with Crippen LogP contribution in [-0.4, -0.2) is 16.5 Å². The fraction of sp³-hybridized carbons (Fsp3) is 0.333. The number of anilines is 1. The summed E-state index contributed by atoms with van der Waals surface area (Å²) in [6, 6.07) is 1.69. The molecule has 0 atom stereocenters. The Labute approximate surface area is 82.9 Å². The van der Waals surface area contributed by atoms with Crippen LogP contribution in [0.4, 0.5) is 5.82 Å². The Balaban J connectivity index is 2.50. The summed E-state index contributed by atoms with van der Waals surface area (Å²) in [4.78, 5) is 7.78. The Morgan fingerprint density at radius 3 is 2.92 bits per heavy atom. The van der Waals surface area contributed by atoms with Gasteiger partial charge in [0.05, 0.1) is 0 Å². The average Bonchev–Trinajstić information content (AvgIpc) is 2.03. The summed E-state index contributed by atoms with van der Waals surface area (Å²) in [5, 5.41) is 3.56. The predicted molar refractivity (Wildman–Crippen MR) is 55.0 cm³/mol. The van der Waals surface area contributed by atoms with E-state index in [9.17, 15) is 0 Å². The quantitative estimate of drug-likeness (QED) is 0.598. The number of nitrogens with one attached hydrogen (secondary N) is 1. The van der Waals surface area contributed by atoms with Crippen molar-refractivity contribution in [2.45, 2.75) is 13.8 Å². The Morgan fingerprint density at radius 2 is 2.31 bits per heavy atom. The van der Waals surface area contributed by atoms with E-state index in [1.807, 2.05) is 0 Å². The lowest BCUT2D eigenvalue weighted by molar-refractivity contribution is 1.13. The van der Waals surface area contributed by atoms with Gasteiger partial charge in [-0.15, -0.1) is 0 Å². The third kappa shape index (κ3) is 3.90. The first-order chi connectivity index (χ1) is 6.18. The Bertz CT molecular complexity index is 305. The summed E-state index contributed by atoms with van der Waals surface area (Å²) in [5.74, 6) is 0.748. The molecule has 0 spiro atoms. The van der Waals surface area contributed by atoms with E-state index in [1.165, 1.54) is 11.9 Å². The molecule has 0 saturated carbocycles. The molecule has 0 bridgehead atoms. The van der Waals surface area contributed by atoms with Gasteiger partial charge in [0, 0.05) is 12.6 Å². The molecule has 0 radical (unpaired) electrons. The second-order valence-corrected chi connectivity index (χ2v) is 3.28. The van der Waals surface area contributed by atoms with Gasteiger partial charge < -0.3 is 5.32 Å².